The predicted octanol–water partition coefficient (Wildman–Crippen LogP) is 2.55. The molecule has 1 saturated carbocycles. The summed E-state index contributed by atoms with van der Waals surface area (Å²) in [5, 5.41) is 2.93. The molecule has 0 radical (unpaired) electrons. The molecule has 1 aromatic carbocycles. The van der Waals surface area contributed by atoms with Crippen LogP contribution in [0, 0.1) is 5.92 Å². The summed E-state index contributed by atoms with van der Waals surface area (Å²) in [5.41, 5.74) is 0.403. The fourth-order valence-electron chi connectivity index (χ4n) is 2.62. The van der Waals surface area contributed by atoms with Gasteiger partial charge in [0.2, 0.25) is 0 Å². The fraction of sp³-hybridized carbons (Fsp3) is 0.529. The first kappa shape index (κ1) is 16.3. The smallest absolute Gasteiger partial charge is 0.338 e. The molecule has 0 spiro atoms. The van der Waals surface area contributed by atoms with Crippen LogP contribution in [0.1, 0.15) is 43.0 Å². The molecule has 1 aliphatic rings. The summed E-state index contributed by atoms with van der Waals surface area (Å²) >= 11 is 0. The van der Waals surface area contributed by atoms with Gasteiger partial charge in [-0.25, -0.2) is 4.79 Å². The molecule has 1 aliphatic carbocycles. The van der Waals surface area contributed by atoms with E-state index in [0.717, 1.165) is 31.6 Å². The quantitative estimate of drug-likeness (QED) is 0.849. The van der Waals surface area contributed by atoms with Crippen molar-refractivity contribution < 1.29 is 19.1 Å². The van der Waals surface area contributed by atoms with Crippen LogP contribution in [0.2, 0.25) is 0 Å². The van der Waals surface area contributed by atoms with Gasteiger partial charge in [0.1, 0.15) is 5.75 Å². The molecule has 1 fully saturated rings. The number of ether oxygens (including phenoxy) is 2. The normalized spacial score (nSPS) is 21.0. The lowest BCUT2D eigenvalue weighted by Gasteiger charge is -2.26. The second-order valence-corrected chi connectivity index (χ2v) is 5.83. The Morgan fingerprint density at radius 2 is 1.77 bits per heavy atom. The highest BCUT2D eigenvalue weighted by Gasteiger charge is 2.20. The first-order valence-corrected chi connectivity index (χ1v) is 7.69. The van der Waals surface area contributed by atoms with E-state index in [-0.39, 0.29) is 18.6 Å². The molecular formula is C17H23NO4. The van der Waals surface area contributed by atoms with Gasteiger partial charge in [0.15, 0.2) is 6.61 Å². The van der Waals surface area contributed by atoms with Crippen LogP contribution in [-0.2, 0) is 9.53 Å². The Balaban J connectivity index is 1.74. The average molecular weight is 305 g/mol. The van der Waals surface area contributed by atoms with Crippen LogP contribution in [0.15, 0.2) is 24.3 Å². The van der Waals surface area contributed by atoms with Gasteiger partial charge in [-0.15, -0.1) is 0 Å². The first-order chi connectivity index (χ1) is 10.6. The molecule has 5 nitrogen and oxygen atoms in total. The highest BCUT2D eigenvalue weighted by atomic mass is 16.5. The van der Waals surface area contributed by atoms with E-state index in [9.17, 15) is 9.59 Å². The van der Waals surface area contributed by atoms with E-state index in [2.05, 4.69) is 12.2 Å². The van der Waals surface area contributed by atoms with Gasteiger partial charge in [-0.2, -0.15) is 0 Å². The lowest BCUT2D eigenvalue weighted by molar-refractivity contribution is -0.125. The minimum Gasteiger partial charge on any atom is -0.497 e. The van der Waals surface area contributed by atoms with Crippen molar-refractivity contribution in [3.63, 3.8) is 0 Å². The third-order valence-corrected chi connectivity index (χ3v) is 4.04. The monoisotopic (exact) mass is 305 g/mol. The molecule has 0 unspecified atom stereocenters. The molecule has 120 valence electrons. The molecule has 0 aromatic heterocycles. The Labute approximate surface area is 131 Å². The Morgan fingerprint density at radius 3 is 2.36 bits per heavy atom. The van der Waals surface area contributed by atoms with Crippen molar-refractivity contribution in [3.05, 3.63) is 29.8 Å². The summed E-state index contributed by atoms with van der Waals surface area (Å²) in [5.74, 6) is 0.665. The Morgan fingerprint density at radius 1 is 1.14 bits per heavy atom. The van der Waals surface area contributed by atoms with Gasteiger partial charge in [-0.3, -0.25) is 4.79 Å². The number of nitrogens with one attached hydrogen (secondary N) is 1. The maximum atomic E-state index is 11.8. The molecule has 2 rings (SSSR count). The van der Waals surface area contributed by atoms with Gasteiger partial charge in [0.05, 0.1) is 12.7 Å². The van der Waals surface area contributed by atoms with Crippen molar-refractivity contribution >= 4 is 11.9 Å². The van der Waals surface area contributed by atoms with E-state index in [1.54, 1.807) is 31.4 Å². The molecule has 0 heterocycles. The van der Waals surface area contributed by atoms with Gasteiger partial charge >= 0.3 is 5.97 Å². The van der Waals surface area contributed by atoms with Crippen molar-refractivity contribution in [2.45, 2.75) is 38.6 Å². The zero-order valence-corrected chi connectivity index (χ0v) is 13.1. The standard InChI is InChI=1S/C17H23NO4/c1-12-3-7-14(8-4-12)18-16(19)11-22-17(20)13-5-9-15(21-2)10-6-13/h5-6,9-10,12,14H,3-4,7-8,11H2,1-2H3,(H,18,19). The second-order valence-electron chi connectivity index (χ2n) is 5.83. The minimum absolute atomic E-state index is 0.211. The number of rotatable bonds is 5. The highest BCUT2D eigenvalue weighted by molar-refractivity contribution is 5.91. The first-order valence-electron chi connectivity index (χ1n) is 7.69. The number of carbonyl (C=O) groups excluding carboxylic acids is 2. The van der Waals surface area contributed by atoms with Crippen molar-refractivity contribution in [2.75, 3.05) is 13.7 Å². The van der Waals surface area contributed by atoms with Gasteiger partial charge in [0.25, 0.3) is 5.91 Å². The maximum absolute atomic E-state index is 11.8. The topological polar surface area (TPSA) is 64.6 Å². The largest absolute Gasteiger partial charge is 0.497 e. The number of hydrogen-bond acceptors (Lipinski definition) is 4. The summed E-state index contributed by atoms with van der Waals surface area (Å²) in [4.78, 5) is 23.7. The van der Waals surface area contributed by atoms with Crippen LogP contribution in [0.3, 0.4) is 0 Å². The third kappa shape index (κ3) is 4.76. The molecule has 0 bridgehead atoms. The van der Waals surface area contributed by atoms with Gasteiger partial charge in [-0.05, 0) is 55.9 Å². The fourth-order valence-corrected chi connectivity index (χ4v) is 2.62. The average Bonchev–Trinajstić information content (AvgIpc) is 2.55. The van der Waals surface area contributed by atoms with Crippen LogP contribution >= 0.6 is 0 Å². The van der Waals surface area contributed by atoms with E-state index in [0.29, 0.717) is 11.3 Å². The molecule has 0 atom stereocenters. The number of esters is 1. The van der Waals surface area contributed by atoms with E-state index in [1.165, 1.54) is 0 Å². The lowest BCUT2D eigenvalue weighted by atomic mass is 9.87. The third-order valence-electron chi connectivity index (χ3n) is 4.04. The number of carbonyl (C=O) groups is 2. The van der Waals surface area contributed by atoms with Gasteiger partial charge in [0, 0.05) is 6.04 Å². The molecule has 1 N–H and O–H groups in total. The number of amides is 1. The van der Waals surface area contributed by atoms with Crippen LogP contribution in [0.5, 0.6) is 5.75 Å². The van der Waals surface area contributed by atoms with Crippen LogP contribution < -0.4 is 10.1 Å². The number of benzene rings is 1. The molecule has 1 amide bonds. The predicted molar refractivity (Wildman–Crippen MR) is 82.8 cm³/mol. The summed E-state index contributed by atoms with van der Waals surface area (Å²) in [7, 11) is 1.56. The van der Waals surface area contributed by atoms with Crippen molar-refractivity contribution in [2.24, 2.45) is 5.92 Å². The van der Waals surface area contributed by atoms with Crippen LogP contribution in [0.25, 0.3) is 0 Å². The molecule has 0 saturated heterocycles. The van der Waals surface area contributed by atoms with Crippen LogP contribution in [-0.4, -0.2) is 31.6 Å². The number of methoxy groups -OCH3 is 1. The maximum Gasteiger partial charge on any atom is 0.338 e. The summed E-state index contributed by atoms with van der Waals surface area (Å²) in [6.07, 6.45) is 4.27. The minimum atomic E-state index is -0.505. The van der Waals surface area contributed by atoms with E-state index < -0.39 is 5.97 Å². The Kier molecular flexibility index (Phi) is 5.81. The zero-order valence-electron chi connectivity index (χ0n) is 13.1. The summed E-state index contributed by atoms with van der Waals surface area (Å²) in [6.45, 7) is 1.99. The van der Waals surface area contributed by atoms with E-state index in [4.69, 9.17) is 9.47 Å². The SMILES string of the molecule is COc1ccc(C(=O)OCC(=O)NC2CCC(C)CC2)cc1. The highest BCUT2D eigenvalue weighted by Crippen LogP contribution is 2.23. The van der Waals surface area contributed by atoms with Crippen molar-refractivity contribution in [3.8, 4) is 5.75 Å². The van der Waals surface area contributed by atoms with Gasteiger partial charge in [-0.1, -0.05) is 6.92 Å². The number of hydrogen-bond donors (Lipinski definition) is 1. The Bertz CT molecular complexity index is 504. The van der Waals surface area contributed by atoms with E-state index in [1.807, 2.05) is 0 Å². The molecule has 5 heteroatoms. The van der Waals surface area contributed by atoms with Gasteiger partial charge < -0.3 is 14.8 Å². The summed E-state index contributed by atoms with van der Waals surface area (Å²) < 4.78 is 10.1. The van der Waals surface area contributed by atoms with Crippen molar-refractivity contribution in [1.82, 2.24) is 5.32 Å². The second kappa shape index (κ2) is 7.82. The molecule has 1 aromatic rings. The molecule has 22 heavy (non-hydrogen) atoms. The van der Waals surface area contributed by atoms with Crippen LogP contribution in [0.4, 0.5) is 0 Å². The molecular weight excluding hydrogens is 282 g/mol. The van der Waals surface area contributed by atoms with Crippen molar-refractivity contribution in [1.29, 1.82) is 0 Å². The van der Waals surface area contributed by atoms with E-state index >= 15 is 0 Å². The Hall–Kier alpha value is -2.04. The summed E-state index contributed by atoms with van der Waals surface area (Å²) in [6, 6.07) is 6.80. The zero-order chi connectivity index (χ0) is 15.9. The lowest BCUT2D eigenvalue weighted by Crippen LogP contribution is -2.39. The molecule has 0 aliphatic heterocycles.